The molecule has 0 unspecified atom stereocenters. The Bertz CT molecular complexity index is 713. The number of rotatable bonds is 5. The van der Waals surface area contributed by atoms with Crippen LogP contribution in [0.15, 0.2) is 53.0 Å². The van der Waals surface area contributed by atoms with Crippen LogP contribution in [0, 0.1) is 0 Å². The normalized spacial score (nSPS) is 14.3. The van der Waals surface area contributed by atoms with Crippen molar-refractivity contribution in [1.29, 1.82) is 0 Å². The molecule has 0 saturated carbocycles. The number of hydrogen-bond donors (Lipinski definition) is 0. The molecule has 0 atom stereocenters. The highest BCUT2D eigenvalue weighted by atomic mass is 79.9. The van der Waals surface area contributed by atoms with Gasteiger partial charge < -0.3 is 19.3 Å². The lowest BCUT2D eigenvalue weighted by Crippen LogP contribution is -2.50. The standard InChI is InChI=1S/C19H21BrN2O3/c1-24-18-4-2-3-16(13-18)21-9-11-22(12-10-21)19(23)14-25-17-7-5-15(20)6-8-17/h2-8,13H,9-12,14H2,1H3. The van der Waals surface area contributed by atoms with Crippen LogP contribution in [0.1, 0.15) is 0 Å². The second-order valence-electron chi connectivity index (χ2n) is 5.81. The number of benzene rings is 2. The summed E-state index contributed by atoms with van der Waals surface area (Å²) in [5, 5.41) is 0. The van der Waals surface area contributed by atoms with Crippen molar-refractivity contribution >= 4 is 27.5 Å². The Labute approximate surface area is 156 Å². The van der Waals surface area contributed by atoms with Crippen molar-refractivity contribution < 1.29 is 14.3 Å². The van der Waals surface area contributed by atoms with Crippen molar-refractivity contribution in [1.82, 2.24) is 4.90 Å². The maximum absolute atomic E-state index is 12.3. The van der Waals surface area contributed by atoms with E-state index in [1.165, 1.54) is 0 Å². The monoisotopic (exact) mass is 404 g/mol. The molecule has 5 nitrogen and oxygen atoms in total. The summed E-state index contributed by atoms with van der Waals surface area (Å²) >= 11 is 3.38. The van der Waals surface area contributed by atoms with Gasteiger partial charge in [-0.15, -0.1) is 0 Å². The lowest BCUT2D eigenvalue weighted by molar-refractivity contribution is -0.133. The van der Waals surface area contributed by atoms with Crippen molar-refractivity contribution in [2.45, 2.75) is 0 Å². The first-order valence-corrected chi connectivity index (χ1v) is 9.00. The first kappa shape index (κ1) is 17.6. The minimum absolute atomic E-state index is 0.0215. The molecule has 2 aromatic rings. The van der Waals surface area contributed by atoms with Crippen LogP contribution < -0.4 is 14.4 Å². The van der Waals surface area contributed by atoms with E-state index in [2.05, 4.69) is 26.9 Å². The molecule has 0 N–H and O–H groups in total. The fraction of sp³-hybridized carbons (Fsp3) is 0.316. The molecule has 0 bridgehead atoms. The lowest BCUT2D eigenvalue weighted by atomic mass is 10.2. The Morgan fingerprint density at radius 1 is 1.04 bits per heavy atom. The zero-order valence-corrected chi connectivity index (χ0v) is 15.7. The Morgan fingerprint density at radius 3 is 2.44 bits per heavy atom. The van der Waals surface area contributed by atoms with Crippen LogP contribution in [-0.2, 0) is 4.79 Å². The molecule has 1 heterocycles. The molecule has 2 aromatic carbocycles. The molecule has 0 spiro atoms. The smallest absolute Gasteiger partial charge is 0.260 e. The second kappa shape index (κ2) is 8.25. The summed E-state index contributed by atoms with van der Waals surface area (Å²) in [7, 11) is 1.67. The summed E-state index contributed by atoms with van der Waals surface area (Å²) in [5.74, 6) is 1.57. The SMILES string of the molecule is COc1cccc(N2CCN(C(=O)COc3ccc(Br)cc3)CC2)c1. The summed E-state index contributed by atoms with van der Waals surface area (Å²) in [5.41, 5.74) is 1.12. The van der Waals surface area contributed by atoms with Crippen LogP contribution in [-0.4, -0.2) is 50.7 Å². The van der Waals surface area contributed by atoms with Crippen molar-refractivity contribution in [2.75, 3.05) is 44.8 Å². The van der Waals surface area contributed by atoms with Gasteiger partial charge in [0.25, 0.3) is 5.91 Å². The summed E-state index contributed by atoms with van der Waals surface area (Å²) < 4.78 is 11.8. The maximum atomic E-state index is 12.3. The quantitative estimate of drug-likeness (QED) is 0.767. The third-order valence-electron chi connectivity index (χ3n) is 4.23. The molecule has 1 aliphatic heterocycles. The van der Waals surface area contributed by atoms with E-state index in [0.717, 1.165) is 29.0 Å². The van der Waals surface area contributed by atoms with Crippen LogP contribution in [0.4, 0.5) is 5.69 Å². The second-order valence-corrected chi connectivity index (χ2v) is 6.73. The largest absolute Gasteiger partial charge is 0.497 e. The number of ether oxygens (including phenoxy) is 2. The lowest BCUT2D eigenvalue weighted by Gasteiger charge is -2.36. The van der Waals surface area contributed by atoms with Gasteiger partial charge in [0.2, 0.25) is 0 Å². The van der Waals surface area contributed by atoms with E-state index in [1.807, 2.05) is 47.4 Å². The van der Waals surface area contributed by atoms with Crippen molar-refractivity contribution in [3.8, 4) is 11.5 Å². The number of hydrogen-bond acceptors (Lipinski definition) is 4. The molecule has 1 saturated heterocycles. The Hall–Kier alpha value is -2.21. The number of methoxy groups -OCH3 is 1. The van der Waals surface area contributed by atoms with Gasteiger partial charge in [-0.25, -0.2) is 0 Å². The molecular formula is C19H21BrN2O3. The van der Waals surface area contributed by atoms with Crippen LogP contribution >= 0.6 is 15.9 Å². The van der Waals surface area contributed by atoms with Crippen molar-refractivity contribution in [2.24, 2.45) is 0 Å². The molecule has 0 aliphatic carbocycles. The van der Waals surface area contributed by atoms with E-state index in [0.29, 0.717) is 18.8 Å². The van der Waals surface area contributed by atoms with Gasteiger partial charge in [0, 0.05) is 42.4 Å². The minimum atomic E-state index is 0.0215. The highest BCUT2D eigenvalue weighted by Crippen LogP contribution is 2.22. The van der Waals surface area contributed by atoms with Gasteiger partial charge in [-0.05, 0) is 36.4 Å². The summed E-state index contributed by atoms with van der Waals surface area (Å²) in [6, 6.07) is 15.5. The van der Waals surface area contributed by atoms with E-state index in [9.17, 15) is 4.79 Å². The van der Waals surface area contributed by atoms with E-state index in [1.54, 1.807) is 7.11 Å². The van der Waals surface area contributed by atoms with E-state index >= 15 is 0 Å². The Morgan fingerprint density at radius 2 is 1.76 bits per heavy atom. The molecule has 132 valence electrons. The fourth-order valence-electron chi connectivity index (χ4n) is 2.79. The summed E-state index contributed by atoms with van der Waals surface area (Å²) in [6.07, 6.45) is 0. The van der Waals surface area contributed by atoms with Crippen LogP contribution in [0.3, 0.4) is 0 Å². The van der Waals surface area contributed by atoms with Gasteiger partial charge in [0.05, 0.1) is 7.11 Å². The first-order chi connectivity index (χ1) is 12.2. The number of carbonyl (C=O) groups is 1. The number of anilines is 1. The van der Waals surface area contributed by atoms with Crippen molar-refractivity contribution in [3.05, 3.63) is 53.0 Å². The van der Waals surface area contributed by atoms with Crippen LogP contribution in [0.2, 0.25) is 0 Å². The molecule has 1 amide bonds. The van der Waals surface area contributed by atoms with Crippen LogP contribution in [0.5, 0.6) is 11.5 Å². The number of piperazine rings is 1. The maximum Gasteiger partial charge on any atom is 0.260 e. The summed E-state index contributed by atoms with van der Waals surface area (Å²) in [4.78, 5) is 16.5. The van der Waals surface area contributed by atoms with Gasteiger partial charge in [0.1, 0.15) is 11.5 Å². The fourth-order valence-corrected chi connectivity index (χ4v) is 3.05. The number of halogens is 1. The molecule has 25 heavy (non-hydrogen) atoms. The topological polar surface area (TPSA) is 42.0 Å². The number of nitrogens with zero attached hydrogens (tertiary/aromatic N) is 2. The summed E-state index contributed by atoms with van der Waals surface area (Å²) in [6.45, 7) is 3.06. The molecule has 6 heteroatoms. The highest BCUT2D eigenvalue weighted by molar-refractivity contribution is 9.10. The number of amides is 1. The van der Waals surface area contributed by atoms with E-state index in [4.69, 9.17) is 9.47 Å². The van der Waals surface area contributed by atoms with Gasteiger partial charge in [0.15, 0.2) is 6.61 Å². The third kappa shape index (κ3) is 4.66. The predicted molar refractivity (Wildman–Crippen MR) is 101 cm³/mol. The van der Waals surface area contributed by atoms with E-state index in [-0.39, 0.29) is 12.5 Å². The third-order valence-corrected chi connectivity index (χ3v) is 4.76. The van der Waals surface area contributed by atoms with Crippen LogP contribution in [0.25, 0.3) is 0 Å². The molecule has 0 radical (unpaired) electrons. The average Bonchev–Trinajstić information content (AvgIpc) is 2.67. The Balaban J connectivity index is 1.49. The highest BCUT2D eigenvalue weighted by Gasteiger charge is 2.21. The number of carbonyl (C=O) groups excluding carboxylic acids is 1. The van der Waals surface area contributed by atoms with Gasteiger partial charge in [-0.1, -0.05) is 22.0 Å². The molecular weight excluding hydrogens is 384 g/mol. The molecule has 1 fully saturated rings. The predicted octanol–water partition coefficient (Wildman–Crippen LogP) is 3.19. The molecule has 3 rings (SSSR count). The van der Waals surface area contributed by atoms with Gasteiger partial charge >= 0.3 is 0 Å². The minimum Gasteiger partial charge on any atom is -0.497 e. The molecule has 1 aliphatic rings. The first-order valence-electron chi connectivity index (χ1n) is 8.21. The zero-order valence-electron chi connectivity index (χ0n) is 14.2. The van der Waals surface area contributed by atoms with Crippen molar-refractivity contribution in [3.63, 3.8) is 0 Å². The zero-order chi connectivity index (χ0) is 17.6. The average molecular weight is 405 g/mol. The van der Waals surface area contributed by atoms with Gasteiger partial charge in [-0.3, -0.25) is 4.79 Å². The van der Waals surface area contributed by atoms with E-state index < -0.39 is 0 Å². The molecule has 0 aromatic heterocycles. The Kier molecular flexibility index (Phi) is 5.81. The van der Waals surface area contributed by atoms with Gasteiger partial charge in [-0.2, -0.15) is 0 Å².